The highest BCUT2D eigenvalue weighted by Gasteiger charge is 2.28. The van der Waals surface area contributed by atoms with Crippen LogP contribution in [0.5, 0.6) is 0 Å². The maximum Gasteiger partial charge on any atom is 0.327 e. The third-order valence-corrected chi connectivity index (χ3v) is 5.16. The van der Waals surface area contributed by atoms with Gasteiger partial charge in [-0.15, -0.1) is 0 Å². The van der Waals surface area contributed by atoms with Crippen LogP contribution in [0.3, 0.4) is 0 Å². The van der Waals surface area contributed by atoms with Crippen LogP contribution in [-0.4, -0.2) is 68.7 Å². The van der Waals surface area contributed by atoms with Gasteiger partial charge in [0.1, 0.15) is 18.1 Å². The Morgan fingerprint density at radius 2 is 1.70 bits per heavy atom. The van der Waals surface area contributed by atoms with Crippen LogP contribution < -0.4 is 21.7 Å². The highest BCUT2D eigenvalue weighted by molar-refractivity contribution is 7.80. The van der Waals surface area contributed by atoms with E-state index in [2.05, 4.69) is 38.5 Å². The van der Waals surface area contributed by atoms with E-state index in [4.69, 9.17) is 10.8 Å². The van der Waals surface area contributed by atoms with Crippen molar-refractivity contribution in [2.45, 2.75) is 43.9 Å². The van der Waals surface area contributed by atoms with E-state index < -0.39 is 47.9 Å². The van der Waals surface area contributed by atoms with Crippen LogP contribution in [0.15, 0.2) is 42.9 Å². The summed E-state index contributed by atoms with van der Waals surface area (Å²) in [5, 5.41) is 16.5. The molecule has 7 N–H and O–H groups in total. The van der Waals surface area contributed by atoms with Crippen molar-refractivity contribution in [1.29, 1.82) is 0 Å². The van der Waals surface area contributed by atoms with Gasteiger partial charge in [0.25, 0.3) is 0 Å². The number of imidazole rings is 1. The van der Waals surface area contributed by atoms with E-state index in [1.165, 1.54) is 13.3 Å². The minimum Gasteiger partial charge on any atom is -0.480 e. The molecule has 0 fully saturated rings. The van der Waals surface area contributed by atoms with E-state index in [-0.39, 0.29) is 18.6 Å². The lowest BCUT2D eigenvalue weighted by Crippen LogP contribution is -2.57. The number of aromatic nitrogens is 2. The molecule has 0 bridgehead atoms. The molecule has 178 valence electrons. The summed E-state index contributed by atoms with van der Waals surface area (Å²) in [6, 6.07) is 4.85. The molecule has 0 aliphatic rings. The van der Waals surface area contributed by atoms with Crippen LogP contribution in [0.25, 0.3) is 0 Å². The predicted molar refractivity (Wildman–Crippen MR) is 123 cm³/mol. The zero-order valence-corrected chi connectivity index (χ0v) is 18.9. The number of amides is 3. The number of rotatable bonds is 12. The fourth-order valence-corrected chi connectivity index (χ4v) is 3.17. The average Bonchev–Trinajstić information content (AvgIpc) is 3.30. The molecule has 1 aromatic carbocycles. The summed E-state index contributed by atoms with van der Waals surface area (Å²) in [4.78, 5) is 55.7. The smallest absolute Gasteiger partial charge is 0.327 e. The van der Waals surface area contributed by atoms with Crippen LogP contribution in [0.1, 0.15) is 18.2 Å². The van der Waals surface area contributed by atoms with Crippen LogP contribution >= 0.6 is 12.6 Å². The molecule has 2 aromatic rings. The Balaban J connectivity index is 2.06. The van der Waals surface area contributed by atoms with Crippen molar-refractivity contribution in [2.24, 2.45) is 5.73 Å². The second-order valence-electron chi connectivity index (χ2n) is 7.45. The molecule has 0 spiro atoms. The molecular weight excluding hydrogens is 448 g/mol. The minimum absolute atomic E-state index is 0.108. The molecule has 12 heteroatoms. The first-order chi connectivity index (χ1) is 15.7. The van der Waals surface area contributed by atoms with Gasteiger partial charge >= 0.3 is 5.97 Å². The van der Waals surface area contributed by atoms with Gasteiger partial charge in [-0.25, -0.2) is 9.78 Å². The summed E-state index contributed by atoms with van der Waals surface area (Å²) < 4.78 is 0. The Kier molecular flexibility index (Phi) is 9.88. The Hall–Kier alpha value is -3.38. The van der Waals surface area contributed by atoms with Crippen LogP contribution in [-0.2, 0) is 32.0 Å². The quantitative estimate of drug-likeness (QED) is 0.192. The predicted octanol–water partition coefficient (Wildman–Crippen LogP) is -0.989. The maximum absolute atomic E-state index is 12.9. The second-order valence-corrected chi connectivity index (χ2v) is 7.82. The maximum atomic E-state index is 12.9. The monoisotopic (exact) mass is 476 g/mol. The van der Waals surface area contributed by atoms with Crippen LogP contribution in [0.4, 0.5) is 0 Å². The zero-order chi connectivity index (χ0) is 24.4. The minimum atomic E-state index is -1.24. The number of benzene rings is 1. The summed E-state index contributed by atoms with van der Waals surface area (Å²) >= 11 is 3.90. The summed E-state index contributed by atoms with van der Waals surface area (Å²) in [6.45, 7) is 1.41. The first-order valence-electron chi connectivity index (χ1n) is 10.2. The molecule has 1 heterocycles. The molecule has 3 amide bonds. The van der Waals surface area contributed by atoms with Crippen molar-refractivity contribution in [3.8, 4) is 0 Å². The van der Waals surface area contributed by atoms with Gasteiger partial charge in [0.2, 0.25) is 17.7 Å². The van der Waals surface area contributed by atoms with Gasteiger partial charge in [0.15, 0.2) is 0 Å². The standard InChI is InChI=1S/C21H28N6O5S/c1-12(18(28)27-17(10-33)21(31)32)25-20(30)16(7-13-5-3-2-4-6-13)26-19(29)15(22)8-14-9-23-11-24-14/h2-6,9,11-12,15-17,33H,7-8,10,22H2,1H3,(H,23,24)(H,25,30)(H,26,29)(H,27,28)(H,31,32). The zero-order valence-electron chi connectivity index (χ0n) is 18.0. The summed E-state index contributed by atoms with van der Waals surface area (Å²) in [7, 11) is 0. The van der Waals surface area contributed by atoms with Crippen molar-refractivity contribution in [3.63, 3.8) is 0 Å². The summed E-state index contributed by atoms with van der Waals surface area (Å²) in [5.41, 5.74) is 7.44. The lowest BCUT2D eigenvalue weighted by molar-refractivity contribution is -0.141. The third kappa shape index (κ3) is 8.24. The Labute approximate surface area is 196 Å². The largest absolute Gasteiger partial charge is 0.480 e. The van der Waals surface area contributed by atoms with Gasteiger partial charge in [-0.05, 0) is 12.5 Å². The van der Waals surface area contributed by atoms with Gasteiger partial charge in [-0.2, -0.15) is 12.6 Å². The Morgan fingerprint density at radius 1 is 1.03 bits per heavy atom. The number of aliphatic carboxylic acids is 1. The van der Waals surface area contributed by atoms with E-state index in [0.717, 1.165) is 5.56 Å². The molecule has 0 saturated heterocycles. The van der Waals surface area contributed by atoms with Crippen molar-refractivity contribution in [3.05, 3.63) is 54.1 Å². The van der Waals surface area contributed by atoms with Crippen LogP contribution in [0.2, 0.25) is 0 Å². The molecule has 1 aromatic heterocycles. The number of hydrogen-bond acceptors (Lipinski definition) is 7. The molecule has 0 saturated carbocycles. The normalized spacial score (nSPS) is 14.4. The SMILES string of the molecule is CC(NC(=O)C(Cc1ccccc1)NC(=O)C(N)Cc1cnc[nH]1)C(=O)NC(CS)C(=O)O. The topological polar surface area (TPSA) is 179 Å². The molecule has 0 radical (unpaired) electrons. The number of H-pyrrole nitrogens is 1. The van der Waals surface area contributed by atoms with Gasteiger partial charge in [0.05, 0.1) is 12.4 Å². The lowest BCUT2D eigenvalue weighted by Gasteiger charge is -2.23. The fourth-order valence-electron chi connectivity index (χ4n) is 2.93. The van der Waals surface area contributed by atoms with E-state index in [0.29, 0.717) is 5.69 Å². The highest BCUT2D eigenvalue weighted by atomic mass is 32.1. The molecular formula is C21H28N6O5S. The number of carbonyl (C=O) groups excluding carboxylic acids is 3. The van der Waals surface area contributed by atoms with Gasteiger partial charge in [-0.3, -0.25) is 14.4 Å². The summed E-state index contributed by atoms with van der Waals surface area (Å²) in [6.07, 6.45) is 3.39. The van der Waals surface area contributed by atoms with Gasteiger partial charge in [-0.1, -0.05) is 30.3 Å². The lowest BCUT2D eigenvalue weighted by atomic mass is 10.0. The molecule has 4 unspecified atom stereocenters. The number of nitrogens with two attached hydrogens (primary N) is 1. The number of nitrogens with one attached hydrogen (secondary N) is 4. The molecule has 0 aliphatic heterocycles. The molecule has 33 heavy (non-hydrogen) atoms. The molecule has 11 nitrogen and oxygen atoms in total. The third-order valence-electron chi connectivity index (χ3n) is 4.80. The van der Waals surface area contributed by atoms with E-state index in [9.17, 15) is 19.2 Å². The van der Waals surface area contributed by atoms with E-state index in [1.54, 1.807) is 30.5 Å². The summed E-state index contributed by atoms with van der Waals surface area (Å²) in [5.74, 6) is -3.19. The highest BCUT2D eigenvalue weighted by Crippen LogP contribution is 2.05. The van der Waals surface area contributed by atoms with Gasteiger partial charge in [0, 0.05) is 30.5 Å². The van der Waals surface area contributed by atoms with E-state index in [1.807, 2.05) is 6.07 Å². The number of carboxylic acids is 1. The first-order valence-corrected chi connectivity index (χ1v) is 10.9. The second kappa shape index (κ2) is 12.6. The number of carbonyl (C=O) groups is 4. The molecule has 4 atom stereocenters. The van der Waals surface area contributed by atoms with Crippen molar-refractivity contribution < 1.29 is 24.3 Å². The number of aromatic amines is 1. The van der Waals surface area contributed by atoms with Gasteiger partial charge < -0.3 is 31.8 Å². The number of hydrogen-bond donors (Lipinski definition) is 7. The van der Waals surface area contributed by atoms with Crippen molar-refractivity contribution in [1.82, 2.24) is 25.9 Å². The van der Waals surface area contributed by atoms with E-state index >= 15 is 0 Å². The Bertz CT molecular complexity index is 940. The first kappa shape index (κ1) is 25.9. The van der Waals surface area contributed by atoms with Crippen LogP contribution in [0, 0.1) is 0 Å². The fraction of sp³-hybridized carbons (Fsp3) is 0.381. The van der Waals surface area contributed by atoms with Crippen molar-refractivity contribution in [2.75, 3.05) is 5.75 Å². The van der Waals surface area contributed by atoms with Crippen molar-refractivity contribution >= 4 is 36.3 Å². The number of nitrogens with zero attached hydrogens (tertiary/aromatic N) is 1. The Morgan fingerprint density at radius 3 is 2.27 bits per heavy atom. The molecule has 2 rings (SSSR count). The average molecular weight is 477 g/mol. The number of thiol groups is 1. The number of carboxylic acid groups (broad SMARTS) is 1. The molecule has 0 aliphatic carbocycles.